The summed E-state index contributed by atoms with van der Waals surface area (Å²) in [6.07, 6.45) is 11.0. The van der Waals surface area contributed by atoms with Gasteiger partial charge in [0.2, 0.25) is 5.75 Å². The molecule has 0 fully saturated rings. The van der Waals surface area contributed by atoms with Crippen molar-refractivity contribution in [3.63, 3.8) is 0 Å². The summed E-state index contributed by atoms with van der Waals surface area (Å²) < 4.78 is 19.7. The predicted molar refractivity (Wildman–Crippen MR) is 129 cm³/mol. The van der Waals surface area contributed by atoms with Crippen LogP contribution in [0.4, 0.5) is 0 Å². The molecular formula is C26H41NO4. The van der Waals surface area contributed by atoms with Gasteiger partial charge in [-0.05, 0) is 31.4 Å². The third-order valence-electron chi connectivity index (χ3n) is 5.54. The van der Waals surface area contributed by atoms with E-state index >= 15 is 0 Å². The third-order valence-corrected chi connectivity index (χ3v) is 5.54. The highest BCUT2D eigenvalue weighted by molar-refractivity contribution is 5.89. The first-order valence-corrected chi connectivity index (χ1v) is 12.2. The standard InChI is InChI=1S/C26H41NO4/c1-5-8-11-13-18-30-24-22-16-15-21(29-17-10-7-3)20-23(22)27(4)26(28)25(24)31-19-14-12-9-6-2/h15-16,20H,5-14,17-19H2,1-4H3. The van der Waals surface area contributed by atoms with Crippen LogP contribution >= 0.6 is 0 Å². The average Bonchev–Trinajstić information content (AvgIpc) is 2.78. The van der Waals surface area contributed by atoms with Crippen molar-refractivity contribution in [2.45, 2.75) is 85.0 Å². The van der Waals surface area contributed by atoms with E-state index in [1.165, 1.54) is 25.7 Å². The minimum absolute atomic E-state index is 0.155. The highest BCUT2D eigenvalue weighted by atomic mass is 16.5. The Morgan fingerprint density at radius 1 is 0.710 bits per heavy atom. The molecule has 0 atom stereocenters. The van der Waals surface area contributed by atoms with Gasteiger partial charge in [-0.25, -0.2) is 0 Å². The van der Waals surface area contributed by atoms with Crippen molar-refractivity contribution in [2.24, 2.45) is 7.05 Å². The molecule has 1 heterocycles. The second kappa shape index (κ2) is 14.0. The van der Waals surface area contributed by atoms with Gasteiger partial charge in [-0.1, -0.05) is 65.7 Å². The van der Waals surface area contributed by atoms with E-state index in [1.807, 2.05) is 18.2 Å². The Morgan fingerprint density at radius 2 is 1.29 bits per heavy atom. The second-order valence-corrected chi connectivity index (χ2v) is 8.22. The van der Waals surface area contributed by atoms with Gasteiger partial charge < -0.3 is 18.8 Å². The van der Waals surface area contributed by atoms with E-state index in [4.69, 9.17) is 14.2 Å². The summed E-state index contributed by atoms with van der Waals surface area (Å²) in [6.45, 7) is 8.32. The van der Waals surface area contributed by atoms with E-state index in [2.05, 4.69) is 20.8 Å². The Kier molecular flexibility index (Phi) is 11.3. The van der Waals surface area contributed by atoms with Crippen LogP contribution in [0.2, 0.25) is 0 Å². The summed E-state index contributed by atoms with van der Waals surface area (Å²) in [7, 11) is 1.79. The Balaban J connectivity index is 2.31. The monoisotopic (exact) mass is 431 g/mol. The van der Waals surface area contributed by atoms with Crippen molar-refractivity contribution in [1.82, 2.24) is 4.57 Å². The Bertz CT molecular complexity index is 843. The topological polar surface area (TPSA) is 49.7 Å². The molecule has 1 aromatic heterocycles. The van der Waals surface area contributed by atoms with Gasteiger partial charge in [0, 0.05) is 18.5 Å². The van der Waals surface area contributed by atoms with Gasteiger partial charge in [0.05, 0.1) is 25.3 Å². The molecule has 1 aromatic carbocycles. The predicted octanol–water partition coefficient (Wildman–Crippen LogP) is 6.64. The number of benzene rings is 1. The minimum atomic E-state index is -0.155. The number of unbranched alkanes of at least 4 members (excludes halogenated alkanes) is 7. The molecule has 0 spiro atoms. The van der Waals surface area contributed by atoms with Crippen molar-refractivity contribution in [3.05, 3.63) is 28.6 Å². The number of aromatic nitrogens is 1. The Hall–Kier alpha value is -2.17. The molecule has 174 valence electrons. The largest absolute Gasteiger partial charge is 0.494 e. The first kappa shape index (κ1) is 25.1. The van der Waals surface area contributed by atoms with E-state index < -0.39 is 0 Å². The summed E-state index contributed by atoms with van der Waals surface area (Å²) in [6, 6.07) is 5.88. The molecule has 0 radical (unpaired) electrons. The molecule has 2 aromatic rings. The molecule has 0 saturated heterocycles. The molecule has 0 amide bonds. The highest BCUT2D eigenvalue weighted by Crippen LogP contribution is 2.35. The lowest BCUT2D eigenvalue weighted by Gasteiger charge is -2.18. The van der Waals surface area contributed by atoms with Gasteiger partial charge in [-0.3, -0.25) is 4.79 Å². The fourth-order valence-corrected chi connectivity index (χ4v) is 3.56. The zero-order chi connectivity index (χ0) is 22.5. The molecule has 5 heteroatoms. The number of ether oxygens (including phenoxy) is 3. The number of nitrogens with zero attached hydrogens (tertiary/aromatic N) is 1. The van der Waals surface area contributed by atoms with Crippen molar-refractivity contribution in [2.75, 3.05) is 19.8 Å². The normalized spacial score (nSPS) is 11.1. The number of rotatable bonds is 16. The Morgan fingerprint density at radius 3 is 1.90 bits per heavy atom. The van der Waals surface area contributed by atoms with Crippen LogP contribution in [0.25, 0.3) is 10.9 Å². The van der Waals surface area contributed by atoms with Crippen LogP contribution in [0.15, 0.2) is 23.0 Å². The zero-order valence-corrected chi connectivity index (χ0v) is 20.0. The van der Waals surface area contributed by atoms with Crippen LogP contribution in [-0.4, -0.2) is 24.4 Å². The highest BCUT2D eigenvalue weighted by Gasteiger charge is 2.19. The van der Waals surface area contributed by atoms with E-state index in [1.54, 1.807) is 11.6 Å². The van der Waals surface area contributed by atoms with Gasteiger partial charge in [-0.15, -0.1) is 0 Å². The SMILES string of the molecule is CCCCCCOc1c(OCCCCCC)c2ccc(OCCCC)cc2n(C)c1=O. The maximum atomic E-state index is 13.1. The summed E-state index contributed by atoms with van der Waals surface area (Å²) in [5, 5.41) is 0.893. The molecule has 0 unspecified atom stereocenters. The van der Waals surface area contributed by atoms with Gasteiger partial charge in [-0.2, -0.15) is 0 Å². The quantitative estimate of drug-likeness (QED) is 0.280. The van der Waals surface area contributed by atoms with Crippen LogP contribution in [0.5, 0.6) is 17.2 Å². The summed E-state index contributed by atoms with van der Waals surface area (Å²) in [5.74, 6) is 1.69. The van der Waals surface area contributed by atoms with Crippen LogP contribution < -0.4 is 19.8 Å². The number of hydrogen-bond acceptors (Lipinski definition) is 4. The fourth-order valence-electron chi connectivity index (χ4n) is 3.56. The summed E-state index contributed by atoms with van der Waals surface area (Å²) >= 11 is 0. The van der Waals surface area contributed by atoms with Gasteiger partial charge in [0.25, 0.3) is 5.56 Å². The molecule has 0 aliphatic rings. The number of fused-ring (bicyclic) bond motifs is 1. The van der Waals surface area contributed by atoms with Crippen molar-refractivity contribution < 1.29 is 14.2 Å². The fraction of sp³-hybridized carbons (Fsp3) is 0.654. The molecular weight excluding hydrogens is 390 g/mol. The summed E-state index contributed by atoms with van der Waals surface area (Å²) in [4.78, 5) is 13.1. The first-order valence-electron chi connectivity index (χ1n) is 12.2. The molecule has 0 aliphatic heterocycles. The molecule has 0 saturated carbocycles. The summed E-state index contributed by atoms with van der Waals surface area (Å²) in [5.41, 5.74) is 0.651. The lowest BCUT2D eigenvalue weighted by Crippen LogP contribution is -2.21. The third kappa shape index (κ3) is 7.48. The van der Waals surface area contributed by atoms with Crippen LogP contribution in [0.1, 0.15) is 85.0 Å². The molecule has 0 bridgehead atoms. The first-order chi connectivity index (χ1) is 15.1. The molecule has 31 heavy (non-hydrogen) atoms. The maximum Gasteiger partial charge on any atom is 0.297 e. The number of pyridine rings is 1. The van der Waals surface area contributed by atoms with Crippen LogP contribution in [0, 0.1) is 0 Å². The zero-order valence-electron chi connectivity index (χ0n) is 20.0. The van der Waals surface area contributed by atoms with E-state index in [0.717, 1.165) is 55.2 Å². The van der Waals surface area contributed by atoms with Crippen molar-refractivity contribution >= 4 is 10.9 Å². The smallest absolute Gasteiger partial charge is 0.297 e. The van der Waals surface area contributed by atoms with Gasteiger partial charge >= 0.3 is 0 Å². The molecule has 2 rings (SSSR count). The van der Waals surface area contributed by atoms with Gasteiger partial charge in [0.15, 0.2) is 5.75 Å². The van der Waals surface area contributed by atoms with E-state index in [9.17, 15) is 4.79 Å². The lowest BCUT2D eigenvalue weighted by molar-refractivity contribution is 0.257. The minimum Gasteiger partial charge on any atom is -0.494 e. The van der Waals surface area contributed by atoms with Crippen LogP contribution in [-0.2, 0) is 7.05 Å². The van der Waals surface area contributed by atoms with Gasteiger partial charge in [0.1, 0.15) is 5.75 Å². The molecule has 0 aliphatic carbocycles. The molecule has 5 nitrogen and oxygen atoms in total. The van der Waals surface area contributed by atoms with Crippen LogP contribution in [0.3, 0.4) is 0 Å². The average molecular weight is 432 g/mol. The van der Waals surface area contributed by atoms with E-state index in [-0.39, 0.29) is 5.56 Å². The second-order valence-electron chi connectivity index (χ2n) is 8.22. The molecule has 0 N–H and O–H groups in total. The van der Waals surface area contributed by atoms with Crippen molar-refractivity contribution in [1.29, 1.82) is 0 Å². The number of aryl methyl sites for hydroxylation is 1. The van der Waals surface area contributed by atoms with E-state index in [0.29, 0.717) is 31.3 Å². The number of hydrogen-bond donors (Lipinski definition) is 0. The lowest BCUT2D eigenvalue weighted by atomic mass is 10.1. The maximum absolute atomic E-state index is 13.1. The Labute approximate surface area is 187 Å². The van der Waals surface area contributed by atoms with Crippen molar-refractivity contribution in [3.8, 4) is 17.2 Å².